The Labute approximate surface area is 441 Å². The lowest BCUT2D eigenvalue weighted by molar-refractivity contribution is -0.870. The number of phosphoric acid groups is 1. The van der Waals surface area contributed by atoms with Crippen molar-refractivity contribution in [3.63, 3.8) is 0 Å². The van der Waals surface area contributed by atoms with E-state index in [0.717, 1.165) is 103 Å². The summed E-state index contributed by atoms with van der Waals surface area (Å²) >= 11 is 0. The summed E-state index contributed by atoms with van der Waals surface area (Å²) in [4.78, 5) is 25.4. The Kier molecular flexibility index (Phi) is 49.2. The molecule has 3 unspecified atom stereocenters. The molecule has 0 rings (SSSR count). The highest BCUT2D eigenvalue weighted by atomic mass is 31.2. The van der Waals surface area contributed by atoms with Gasteiger partial charge in [0.05, 0.1) is 39.9 Å². The summed E-state index contributed by atoms with van der Waals surface area (Å²) < 4.78 is 23.2. The van der Waals surface area contributed by atoms with Gasteiger partial charge in [-0.2, -0.15) is 0 Å². The Balaban J connectivity index is 4.41. The first-order valence-corrected chi connectivity index (χ1v) is 29.3. The number of phosphoric ester groups is 1. The van der Waals surface area contributed by atoms with Gasteiger partial charge >= 0.3 is 0 Å². The second-order valence-corrected chi connectivity index (χ2v) is 20.6. The Morgan fingerprint density at radius 3 is 1.29 bits per heavy atom. The number of nitrogens with one attached hydrogen (secondary N) is 1. The van der Waals surface area contributed by atoms with E-state index in [9.17, 15) is 19.4 Å². The van der Waals surface area contributed by atoms with Crippen LogP contribution in [-0.4, -0.2) is 68.5 Å². The van der Waals surface area contributed by atoms with Crippen molar-refractivity contribution < 1.29 is 32.9 Å². The third-order valence-corrected chi connectivity index (χ3v) is 12.2. The number of amides is 1. The van der Waals surface area contributed by atoms with Crippen molar-refractivity contribution in [3.05, 3.63) is 158 Å². The molecule has 0 aliphatic heterocycles. The van der Waals surface area contributed by atoms with Crippen LogP contribution in [0.15, 0.2) is 158 Å². The number of allylic oxidation sites excluding steroid dienone is 25. The molecule has 2 N–H and O–H groups in total. The zero-order chi connectivity index (χ0) is 52.7. The van der Waals surface area contributed by atoms with Gasteiger partial charge in [-0.25, -0.2) is 0 Å². The van der Waals surface area contributed by atoms with Gasteiger partial charge in [0.1, 0.15) is 13.2 Å². The first kappa shape index (κ1) is 68.1. The zero-order valence-electron chi connectivity index (χ0n) is 46.1. The molecular formula is C63H103N2O6P. The zero-order valence-corrected chi connectivity index (χ0v) is 46.9. The van der Waals surface area contributed by atoms with Gasteiger partial charge in [0.25, 0.3) is 7.82 Å². The number of rotatable bonds is 48. The number of hydrogen-bond donors (Lipinski definition) is 2. The molecule has 0 aliphatic carbocycles. The van der Waals surface area contributed by atoms with Crippen molar-refractivity contribution in [1.29, 1.82) is 0 Å². The van der Waals surface area contributed by atoms with E-state index in [1.807, 2.05) is 27.2 Å². The second kappa shape index (κ2) is 52.0. The fourth-order valence-corrected chi connectivity index (χ4v) is 7.58. The lowest BCUT2D eigenvalue weighted by Crippen LogP contribution is -2.45. The fourth-order valence-electron chi connectivity index (χ4n) is 6.86. The molecule has 72 heavy (non-hydrogen) atoms. The number of quaternary nitrogens is 1. The van der Waals surface area contributed by atoms with E-state index in [0.29, 0.717) is 23.9 Å². The number of unbranched alkanes of at least 4 members (excludes halogenated alkanes) is 11. The highest BCUT2D eigenvalue weighted by Crippen LogP contribution is 2.38. The summed E-state index contributed by atoms with van der Waals surface area (Å²) in [5.74, 6) is -0.262. The third-order valence-electron chi connectivity index (χ3n) is 11.2. The fraction of sp³-hybridized carbons (Fsp3) is 0.571. The van der Waals surface area contributed by atoms with Crippen LogP contribution < -0.4 is 10.2 Å². The third kappa shape index (κ3) is 53.9. The van der Waals surface area contributed by atoms with Crippen molar-refractivity contribution in [1.82, 2.24) is 5.32 Å². The molecular weight excluding hydrogens is 912 g/mol. The molecule has 1 amide bonds. The van der Waals surface area contributed by atoms with Gasteiger partial charge in [0.15, 0.2) is 0 Å². The molecule has 0 radical (unpaired) electrons. The average Bonchev–Trinajstić information content (AvgIpc) is 3.34. The molecule has 0 aromatic rings. The predicted molar refractivity (Wildman–Crippen MR) is 311 cm³/mol. The largest absolute Gasteiger partial charge is 0.756 e. The molecule has 0 saturated carbocycles. The molecule has 9 heteroatoms. The normalized spacial score (nSPS) is 15.2. The quantitative estimate of drug-likeness (QED) is 0.0272. The van der Waals surface area contributed by atoms with E-state index in [2.05, 4.69) is 165 Å². The number of aliphatic hydroxyl groups is 1. The molecule has 0 saturated heterocycles. The highest BCUT2D eigenvalue weighted by Gasteiger charge is 2.23. The summed E-state index contributed by atoms with van der Waals surface area (Å²) in [6, 6.07) is -0.946. The van der Waals surface area contributed by atoms with Crippen molar-refractivity contribution in [2.75, 3.05) is 40.9 Å². The maximum absolute atomic E-state index is 12.9. The van der Waals surface area contributed by atoms with Gasteiger partial charge < -0.3 is 28.8 Å². The van der Waals surface area contributed by atoms with Gasteiger partial charge in [-0.15, -0.1) is 0 Å². The maximum Gasteiger partial charge on any atom is 0.268 e. The predicted octanol–water partition coefficient (Wildman–Crippen LogP) is 16.5. The van der Waals surface area contributed by atoms with Crippen molar-refractivity contribution in [2.24, 2.45) is 0 Å². The molecule has 0 spiro atoms. The number of nitrogens with zero attached hydrogens (tertiary/aromatic N) is 1. The Hall–Kier alpha value is -3.88. The minimum atomic E-state index is -4.63. The summed E-state index contributed by atoms with van der Waals surface area (Å²) in [5.41, 5.74) is 0. The average molecular weight is 1020 g/mol. The number of likely N-dealkylation sites (N-methyl/N-ethyl adjacent to an activating group) is 1. The number of aliphatic hydroxyl groups excluding tert-OH is 1. The van der Waals surface area contributed by atoms with Crippen LogP contribution in [0.1, 0.15) is 181 Å². The number of hydrogen-bond acceptors (Lipinski definition) is 6. The summed E-state index contributed by atoms with van der Waals surface area (Å²) in [7, 11) is 1.18. The van der Waals surface area contributed by atoms with Crippen LogP contribution in [0, 0.1) is 0 Å². The molecule has 0 aliphatic rings. The Morgan fingerprint density at radius 1 is 0.500 bits per heavy atom. The highest BCUT2D eigenvalue weighted by molar-refractivity contribution is 7.45. The summed E-state index contributed by atoms with van der Waals surface area (Å²) in [6.07, 6.45) is 81.8. The van der Waals surface area contributed by atoms with Crippen LogP contribution in [-0.2, 0) is 18.4 Å². The van der Waals surface area contributed by atoms with Gasteiger partial charge in [-0.3, -0.25) is 9.36 Å². The smallest absolute Gasteiger partial charge is 0.268 e. The van der Waals surface area contributed by atoms with Gasteiger partial charge in [0.2, 0.25) is 5.91 Å². The van der Waals surface area contributed by atoms with Crippen LogP contribution >= 0.6 is 7.82 Å². The molecule has 0 aromatic carbocycles. The minimum absolute atomic E-state index is 0.0271. The van der Waals surface area contributed by atoms with Crippen LogP contribution in [0.3, 0.4) is 0 Å². The first-order valence-electron chi connectivity index (χ1n) is 27.8. The SMILES string of the molecule is CC/C=C\C/C=C\C/C=C\C/C=C\C/C=C\C/C=C\C/C=C\C/C=C\C/C=C\C/C=C\CCCCC(=O)NC(COP(=O)([O-])OCC[N+](C)(C)C)C(O)/C=C/CC/C=C/CC/C=C/CCCCCCCCC. The van der Waals surface area contributed by atoms with E-state index in [1.54, 1.807) is 6.08 Å². The maximum atomic E-state index is 12.9. The van der Waals surface area contributed by atoms with Crippen LogP contribution in [0.25, 0.3) is 0 Å². The second-order valence-electron chi connectivity index (χ2n) is 19.2. The van der Waals surface area contributed by atoms with Gasteiger partial charge in [-0.1, -0.05) is 210 Å². The number of carbonyl (C=O) groups is 1. The van der Waals surface area contributed by atoms with Crippen LogP contribution in [0.2, 0.25) is 0 Å². The lowest BCUT2D eigenvalue weighted by atomic mass is 10.1. The standard InChI is InChI=1S/C63H103N2O6P/c1-6-8-10-12-14-16-18-20-22-24-25-26-27-28-29-30-31-32-33-34-35-36-37-38-39-41-43-45-47-49-51-53-55-57-63(67)64-61(60-71-72(68,69)70-59-58-65(3,4)5)62(66)56-54-52-50-48-46-44-42-40-23-21-19-17-15-13-11-9-7-2/h8,10,14,16,20,22-23,25-26,28-29,31-32,34-35,37-38,40-41,43,46-49,54,56,61-62,66H,6-7,9,11-13,15,17-19,21,24,27,30,33,36,39,42,44-45,50-53,55,57-60H2,1-5H3,(H-,64,67,68,69)/b10-8-,16-14-,22-20-,26-25-,29-28-,32-31-,35-34-,38-37-,40-23+,43-41-,48-46+,49-47-,56-54+. The molecule has 0 bridgehead atoms. The van der Waals surface area contributed by atoms with Crippen molar-refractivity contribution >= 4 is 13.7 Å². The first-order chi connectivity index (χ1) is 35.0. The van der Waals surface area contributed by atoms with Crippen molar-refractivity contribution in [2.45, 2.75) is 193 Å². The lowest BCUT2D eigenvalue weighted by Gasteiger charge is -2.29. The Morgan fingerprint density at radius 2 is 0.861 bits per heavy atom. The van der Waals surface area contributed by atoms with Gasteiger partial charge in [0, 0.05) is 6.42 Å². The molecule has 406 valence electrons. The Bertz CT molecular complexity index is 1720. The minimum Gasteiger partial charge on any atom is -0.756 e. The van der Waals surface area contributed by atoms with Gasteiger partial charge in [-0.05, 0) is 122 Å². The van der Waals surface area contributed by atoms with E-state index in [1.165, 1.54) is 44.9 Å². The topological polar surface area (TPSA) is 108 Å². The van der Waals surface area contributed by atoms with E-state index in [-0.39, 0.29) is 18.9 Å². The van der Waals surface area contributed by atoms with E-state index < -0.39 is 26.6 Å². The van der Waals surface area contributed by atoms with Crippen LogP contribution in [0.5, 0.6) is 0 Å². The molecule has 0 heterocycles. The molecule has 0 aromatic heterocycles. The van der Waals surface area contributed by atoms with E-state index in [4.69, 9.17) is 9.05 Å². The summed E-state index contributed by atoms with van der Waals surface area (Å²) in [5, 5.41) is 13.8. The molecule has 8 nitrogen and oxygen atoms in total. The van der Waals surface area contributed by atoms with Crippen molar-refractivity contribution in [3.8, 4) is 0 Å². The van der Waals surface area contributed by atoms with Crippen LogP contribution in [0.4, 0.5) is 0 Å². The summed E-state index contributed by atoms with van der Waals surface area (Å²) in [6.45, 7) is 4.43. The molecule has 0 fully saturated rings. The number of carbonyl (C=O) groups excluding carboxylic acids is 1. The molecule has 3 atom stereocenters. The van der Waals surface area contributed by atoms with E-state index >= 15 is 0 Å². The monoisotopic (exact) mass is 1010 g/mol.